The number of rotatable bonds is 6. The van der Waals surface area contributed by atoms with Gasteiger partial charge >= 0.3 is 0 Å². The van der Waals surface area contributed by atoms with Crippen molar-refractivity contribution in [3.05, 3.63) is 24.3 Å². The van der Waals surface area contributed by atoms with Gasteiger partial charge in [0.1, 0.15) is 5.75 Å². The van der Waals surface area contributed by atoms with Crippen molar-refractivity contribution in [1.29, 1.82) is 0 Å². The number of nitrogen functional groups attached to an aromatic ring is 1. The largest absolute Gasteiger partial charge is 0.484 e. The van der Waals surface area contributed by atoms with E-state index >= 15 is 0 Å². The van der Waals surface area contributed by atoms with E-state index in [1.54, 1.807) is 29.2 Å². The summed E-state index contributed by atoms with van der Waals surface area (Å²) in [6.45, 7) is 3.13. The fraction of sp³-hybridized carbons (Fsp3) is 0.467. The molecule has 114 valence electrons. The van der Waals surface area contributed by atoms with Crippen LogP contribution in [-0.2, 0) is 9.59 Å². The summed E-state index contributed by atoms with van der Waals surface area (Å²) in [5, 5.41) is 2.82. The molecule has 2 amide bonds. The number of anilines is 1. The Kier molecular flexibility index (Phi) is 5.03. The Labute approximate surface area is 124 Å². The summed E-state index contributed by atoms with van der Waals surface area (Å²) in [4.78, 5) is 25.1. The second kappa shape index (κ2) is 6.97. The molecule has 1 aromatic rings. The highest BCUT2D eigenvalue weighted by molar-refractivity contribution is 5.79. The van der Waals surface area contributed by atoms with Gasteiger partial charge in [-0.2, -0.15) is 0 Å². The first kappa shape index (κ1) is 15.2. The predicted molar refractivity (Wildman–Crippen MR) is 79.8 cm³/mol. The van der Waals surface area contributed by atoms with E-state index in [9.17, 15) is 9.59 Å². The molecule has 0 spiro atoms. The Morgan fingerprint density at radius 2 is 2.33 bits per heavy atom. The van der Waals surface area contributed by atoms with Gasteiger partial charge < -0.3 is 20.7 Å². The molecule has 1 saturated heterocycles. The summed E-state index contributed by atoms with van der Waals surface area (Å²) in [6, 6.07) is 6.84. The maximum atomic E-state index is 11.8. The average Bonchev–Trinajstić information content (AvgIpc) is 2.82. The normalized spacial score (nSPS) is 15.9. The molecule has 1 aliphatic heterocycles. The number of nitrogens with one attached hydrogen (secondary N) is 1. The van der Waals surface area contributed by atoms with Crippen molar-refractivity contribution in [2.75, 3.05) is 25.4 Å². The number of carbonyl (C=O) groups excluding carboxylic acids is 2. The summed E-state index contributed by atoms with van der Waals surface area (Å²) in [6.07, 6.45) is 1.51. The van der Waals surface area contributed by atoms with Crippen molar-refractivity contribution in [1.82, 2.24) is 10.2 Å². The first-order valence-electron chi connectivity index (χ1n) is 7.10. The van der Waals surface area contributed by atoms with E-state index in [2.05, 4.69) is 5.32 Å². The highest BCUT2D eigenvalue weighted by Gasteiger charge is 2.22. The molecular weight excluding hydrogens is 270 g/mol. The molecule has 2 rings (SSSR count). The fourth-order valence-electron chi connectivity index (χ4n) is 2.34. The molecule has 1 aliphatic rings. The summed E-state index contributed by atoms with van der Waals surface area (Å²) >= 11 is 0. The molecule has 1 aromatic carbocycles. The van der Waals surface area contributed by atoms with E-state index in [-0.39, 0.29) is 24.5 Å². The van der Waals surface area contributed by atoms with Gasteiger partial charge in [0, 0.05) is 37.3 Å². The number of nitrogens with zero attached hydrogens (tertiary/aromatic N) is 1. The molecule has 0 radical (unpaired) electrons. The Bertz CT molecular complexity index is 519. The summed E-state index contributed by atoms with van der Waals surface area (Å²) in [5.41, 5.74) is 6.22. The number of carbonyl (C=O) groups is 2. The minimum atomic E-state index is -0.212. The second-order valence-electron chi connectivity index (χ2n) is 5.27. The maximum absolute atomic E-state index is 11.8. The summed E-state index contributed by atoms with van der Waals surface area (Å²) in [7, 11) is 0. The highest BCUT2D eigenvalue weighted by atomic mass is 16.5. The third kappa shape index (κ3) is 4.66. The van der Waals surface area contributed by atoms with Gasteiger partial charge in [-0.1, -0.05) is 6.07 Å². The molecule has 1 atom stereocenters. The van der Waals surface area contributed by atoms with Crippen molar-refractivity contribution in [2.24, 2.45) is 0 Å². The van der Waals surface area contributed by atoms with Crippen LogP contribution in [-0.4, -0.2) is 42.5 Å². The van der Waals surface area contributed by atoms with E-state index in [1.165, 1.54) is 0 Å². The van der Waals surface area contributed by atoms with Crippen LogP contribution in [0.2, 0.25) is 0 Å². The standard InChI is InChI=1S/C15H21N3O3/c1-11(9-18-7-3-6-15(18)20)17-14(19)10-21-13-5-2-4-12(16)8-13/h2,4-5,8,11H,3,6-7,9-10,16H2,1H3,(H,17,19). The highest BCUT2D eigenvalue weighted by Crippen LogP contribution is 2.14. The van der Waals surface area contributed by atoms with E-state index in [0.29, 0.717) is 24.4 Å². The Balaban J connectivity index is 1.72. The SMILES string of the molecule is CC(CN1CCCC1=O)NC(=O)COc1cccc(N)c1. The lowest BCUT2D eigenvalue weighted by Crippen LogP contribution is -2.44. The molecular formula is C15H21N3O3. The minimum absolute atomic E-state index is 0.0677. The molecule has 0 saturated carbocycles. The lowest BCUT2D eigenvalue weighted by atomic mass is 10.3. The zero-order valence-electron chi connectivity index (χ0n) is 12.2. The van der Waals surface area contributed by atoms with Crippen LogP contribution in [0.5, 0.6) is 5.75 Å². The maximum Gasteiger partial charge on any atom is 0.258 e. The quantitative estimate of drug-likeness (QED) is 0.758. The average molecular weight is 291 g/mol. The zero-order chi connectivity index (χ0) is 15.2. The molecule has 1 heterocycles. The predicted octanol–water partition coefficient (Wildman–Crippen LogP) is 0.775. The molecule has 1 unspecified atom stereocenters. The van der Waals surface area contributed by atoms with Gasteiger partial charge in [0.15, 0.2) is 6.61 Å². The van der Waals surface area contributed by atoms with Crippen LogP contribution in [0.4, 0.5) is 5.69 Å². The smallest absolute Gasteiger partial charge is 0.258 e. The Morgan fingerprint density at radius 3 is 3.00 bits per heavy atom. The topological polar surface area (TPSA) is 84.7 Å². The lowest BCUT2D eigenvalue weighted by molar-refractivity contribution is -0.129. The number of hydrogen-bond donors (Lipinski definition) is 2. The molecule has 6 nitrogen and oxygen atoms in total. The van der Waals surface area contributed by atoms with Gasteiger partial charge in [0.2, 0.25) is 5.91 Å². The van der Waals surface area contributed by atoms with Gasteiger partial charge in [-0.3, -0.25) is 9.59 Å². The van der Waals surface area contributed by atoms with Crippen LogP contribution in [0.25, 0.3) is 0 Å². The monoisotopic (exact) mass is 291 g/mol. The van der Waals surface area contributed by atoms with Crippen molar-refractivity contribution in [3.8, 4) is 5.75 Å². The van der Waals surface area contributed by atoms with Crippen LogP contribution >= 0.6 is 0 Å². The third-order valence-electron chi connectivity index (χ3n) is 3.30. The van der Waals surface area contributed by atoms with Crippen molar-refractivity contribution < 1.29 is 14.3 Å². The first-order valence-corrected chi connectivity index (χ1v) is 7.10. The molecule has 0 aliphatic carbocycles. The number of nitrogens with two attached hydrogens (primary N) is 1. The Morgan fingerprint density at radius 1 is 1.52 bits per heavy atom. The van der Waals surface area contributed by atoms with Crippen molar-refractivity contribution in [2.45, 2.75) is 25.8 Å². The second-order valence-corrected chi connectivity index (χ2v) is 5.27. The number of amides is 2. The van der Waals surface area contributed by atoms with Crippen molar-refractivity contribution >= 4 is 17.5 Å². The lowest BCUT2D eigenvalue weighted by Gasteiger charge is -2.21. The third-order valence-corrected chi connectivity index (χ3v) is 3.30. The van der Waals surface area contributed by atoms with Crippen LogP contribution in [0.3, 0.4) is 0 Å². The van der Waals surface area contributed by atoms with E-state index in [4.69, 9.17) is 10.5 Å². The summed E-state index contributed by atoms with van der Waals surface area (Å²) in [5.74, 6) is 0.510. The minimum Gasteiger partial charge on any atom is -0.484 e. The fourth-order valence-corrected chi connectivity index (χ4v) is 2.34. The van der Waals surface area contributed by atoms with Gasteiger partial charge in [-0.15, -0.1) is 0 Å². The molecule has 0 aromatic heterocycles. The number of ether oxygens (including phenoxy) is 1. The molecule has 21 heavy (non-hydrogen) atoms. The van der Waals surface area contributed by atoms with Crippen LogP contribution in [0.1, 0.15) is 19.8 Å². The number of hydrogen-bond acceptors (Lipinski definition) is 4. The van der Waals surface area contributed by atoms with E-state index in [1.807, 2.05) is 6.92 Å². The number of benzene rings is 1. The van der Waals surface area contributed by atoms with Gasteiger partial charge in [-0.05, 0) is 25.5 Å². The molecule has 0 bridgehead atoms. The van der Waals surface area contributed by atoms with Crippen LogP contribution in [0, 0.1) is 0 Å². The van der Waals surface area contributed by atoms with E-state index in [0.717, 1.165) is 13.0 Å². The van der Waals surface area contributed by atoms with Gasteiger partial charge in [0.25, 0.3) is 5.91 Å². The zero-order valence-corrected chi connectivity index (χ0v) is 12.2. The number of likely N-dealkylation sites (tertiary alicyclic amines) is 1. The van der Waals surface area contributed by atoms with E-state index < -0.39 is 0 Å². The Hall–Kier alpha value is -2.24. The molecule has 3 N–H and O–H groups in total. The van der Waals surface area contributed by atoms with Gasteiger partial charge in [-0.25, -0.2) is 0 Å². The molecule has 1 fully saturated rings. The van der Waals surface area contributed by atoms with Gasteiger partial charge in [0.05, 0.1) is 0 Å². The summed E-state index contributed by atoms with van der Waals surface area (Å²) < 4.78 is 5.37. The van der Waals surface area contributed by atoms with Crippen molar-refractivity contribution in [3.63, 3.8) is 0 Å². The molecule has 6 heteroatoms. The van der Waals surface area contributed by atoms with Crippen LogP contribution in [0.15, 0.2) is 24.3 Å². The van der Waals surface area contributed by atoms with Crippen LogP contribution < -0.4 is 15.8 Å². The first-order chi connectivity index (χ1) is 10.0.